The normalized spacial score (nSPS) is 13.7. The summed E-state index contributed by atoms with van der Waals surface area (Å²) in [6.45, 7) is 9.73. The van der Waals surface area contributed by atoms with E-state index in [1.165, 1.54) is 4.88 Å². The first kappa shape index (κ1) is 45.4. The number of nitrogens with zero attached hydrogens (tertiary/aromatic N) is 4. The number of amides is 1. The van der Waals surface area contributed by atoms with E-state index in [4.69, 9.17) is 40.3 Å². The minimum Gasteiger partial charge on any atom is -0.491 e. The molecule has 0 bridgehead atoms. The third kappa shape index (κ3) is 12.5. The predicted molar refractivity (Wildman–Crippen MR) is 245 cm³/mol. The highest BCUT2D eigenvalue weighted by atomic mass is 35.5. The summed E-state index contributed by atoms with van der Waals surface area (Å²) < 4.78 is 31.6. The van der Waals surface area contributed by atoms with E-state index < -0.39 is 12.1 Å². The Morgan fingerprint density at radius 2 is 1.48 bits per heavy atom. The summed E-state index contributed by atoms with van der Waals surface area (Å²) in [6, 6.07) is 32.3. The van der Waals surface area contributed by atoms with Crippen LogP contribution in [-0.4, -0.2) is 90.3 Å². The molecule has 0 aliphatic carbocycles. The van der Waals surface area contributed by atoms with Crippen LogP contribution in [0.4, 0.5) is 0 Å². The van der Waals surface area contributed by atoms with Crippen molar-refractivity contribution in [3.05, 3.63) is 152 Å². The van der Waals surface area contributed by atoms with Crippen LogP contribution in [0.25, 0.3) is 5.00 Å². The highest BCUT2D eigenvalue weighted by Crippen LogP contribution is 2.40. The van der Waals surface area contributed by atoms with Crippen molar-refractivity contribution < 1.29 is 33.6 Å². The second-order valence-corrected chi connectivity index (χ2v) is 16.6. The number of nitrogens with one attached hydrogen (secondary N) is 2. The standard InChI is InChI=1S/C48H53ClN6O7S/c1-32-33(2)63-48-45(32)46(37-14-16-38(49)17-15-37)52-41(47-54-53-34(3)55(47)48)27-44(57)51-21-23-59-25-24-58-22-20-50-28-39(56)31-60-40-18-19-42(61-29-35-10-6-4-7-11-35)43(26-40)62-30-36-12-8-5-9-13-36/h4-19,26,39,41,50,56H,20-25,27-31H2,1-3H3,(H,51,57)/t39?,41-/m0/s1. The average molecular weight is 894 g/mol. The lowest BCUT2D eigenvalue weighted by atomic mass is 9.99. The summed E-state index contributed by atoms with van der Waals surface area (Å²) in [6.07, 6.45) is -0.641. The highest BCUT2D eigenvalue weighted by molar-refractivity contribution is 7.15. The number of rotatable bonds is 23. The summed E-state index contributed by atoms with van der Waals surface area (Å²) in [5, 5.41) is 27.2. The lowest BCUT2D eigenvalue weighted by Gasteiger charge is -2.17. The van der Waals surface area contributed by atoms with Crippen molar-refractivity contribution in [3.63, 3.8) is 0 Å². The molecule has 4 aromatic carbocycles. The Morgan fingerprint density at radius 3 is 2.17 bits per heavy atom. The van der Waals surface area contributed by atoms with Crippen LogP contribution in [-0.2, 0) is 27.5 Å². The van der Waals surface area contributed by atoms with Gasteiger partial charge in [-0.3, -0.25) is 14.4 Å². The van der Waals surface area contributed by atoms with Crippen LogP contribution in [0.3, 0.4) is 0 Å². The van der Waals surface area contributed by atoms with Crippen LogP contribution >= 0.6 is 22.9 Å². The minimum absolute atomic E-state index is 0.0927. The molecule has 2 atom stereocenters. The molecule has 0 spiro atoms. The van der Waals surface area contributed by atoms with E-state index in [1.54, 1.807) is 17.4 Å². The number of carbonyl (C=O) groups is 1. The monoisotopic (exact) mass is 892 g/mol. The molecule has 1 aliphatic rings. The van der Waals surface area contributed by atoms with Gasteiger partial charge in [-0.05, 0) is 61.7 Å². The number of aromatic nitrogens is 3. The number of carbonyl (C=O) groups excluding carboxylic acids is 1. The van der Waals surface area contributed by atoms with Crippen molar-refractivity contribution in [2.75, 3.05) is 52.7 Å². The zero-order valence-corrected chi connectivity index (χ0v) is 37.3. The Labute approximate surface area is 377 Å². The van der Waals surface area contributed by atoms with E-state index in [0.29, 0.717) is 87.4 Å². The van der Waals surface area contributed by atoms with Crippen LogP contribution in [0.15, 0.2) is 108 Å². The Morgan fingerprint density at radius 1 is 0.810 bits per heavy atom. The number of fused-ring (bicyclic) bond motifs is 3. The van der Waals surface area contributed by atoms with Crippen LogP contribution in [0.1, 0.15) is 56.8 Å². The first-order chi connectivity index (χ1) is 30.7. The van der Waals surface area contributed by atoms with Crippen molar-refractivity contribution >= 4 is 34.6 Å². The molecule has 0 saturated heterocycles. The van der Waals surface area contributed by atoms with Gasteiger partial charge in [0.1, 0.15) is 48.5 Å². The van der Waals surface area contributed by atoms with Gasteiger partial charge in [-0.15, -0.1) is 21.5 Å². The fourth-order valence-electron chi connectivity index (χ4n) is 6.91. The summed E-state index contributed by atoms with van der Waals surface area (Å²) in [4.78, 5) is 19.6. The maximum atomic E-state index is 13.2. The van der Waals surface area contributed by atoms with Crippen molar-refractivity contribution in [3.8, 4) is 22.2 Å². The van der Waals surface area contributed by atoms with Gasteiger partial charge in [0.25, 0.3) is 0 Å². The Kier molecular flexibility index (Phi) is 16.3. The number of aryl methyl sites for hydroxylation is 2. The maximum Gasteiger partial charge on any atom is 0.222 e. The molecule has 13 nitrogen and oxygen atoms in total. The van der Waals surface area contributed by atoms with Crippen LogP contribution in [0, 0.1) is 20.8 Å². The number of aliphatic hydroxyl groups is 1. The minimum atomic E-state index is -0.740. The van der Waals surface area contributed by atoms with Gasteiger partial charge in [0, 0.05) is 46.7 Å². The van der Waals surface area contributed by atoms with Gasteiger partial charge in [0.15, 0.2) is 17.3 Å². The molecule has 2 aromatic heterocycles. The molecule has 330 valence electrons. The fourth-order valence-corrected chi connectivity index (χ4v) is 8.25. The van der Waals surface area contributed by atoms with E-state index in [2.05, 4.69) is 34.7 Å². The third-order valence-corrected chi connectivity index (χ3v) is 11.8. The molecule has 0 fully saturated rings. The molecule has 7 rings (SSSR count). The van der Waals surface area contributed by atoms with Gasteiger partial charge in [-0.25, -0.2) is 0 Å². The van der Waals surface area contributed by atoms with Gasteiger partial charge in [0.05, 0.1) is 38.6 Å². The molecule has 0 saturated carbocycles. The lowest BCUT2D eigenvalue weighted by Crippen LogP contribution is -2.33. The number of ether oxygens (including phenoxy) is 5. The average Bonchev–Trinajstić information content (AvgIpc) is 3.78. The smallest absolute Gasteiger partial charge is 0.222 e. The molecule has 6 aromatic rings. The molecule has 1 unspecified atom stereocenters. The zero-order valence-electron chi connectivity index (χ0n) is 35.7. The maximum absolute atomic E-state index is 13.2. The van der Waals surface area contributed by atoms with E-state index in [9.17, 15) is 9.90 Å². The Bertz CT molecular complexity index is 2430. The Balaban J connectivity index is 0.785. The summed E-state index contributed by atoms with van der Waals surface area (Å²) >= 11 is 7.90. The number of benzene rings is 4. The van der Waals surface area contributed by atoms with Gasteiger partial charge in [-0.1, -0.05) is 84.4 Å². The number of aliphatic hydroxyl groups excluding tert-OH is 1. The fraction of sp³-hybridized carbons (Fsp3) is 0.333. The quantitative estimate of drug-likeness (QED) is 0.0552. The van der Waals surface area contributed by atoms with E-state index in [1.807, 2.05) is 109 Å². The molecular weight excluding hydrogens is 840 g/mol. The number of hydrogen-bond acceptors (Lipinski definition) is 12. The molecule has 3 heterocycles. The van der Waals surface area contributed by atoms with Crippen LogP contribution in [0.5, 0.6) is 17.2 Å². The van der Waals surface area contributed by atoms with Gasteiger partial charge >= 0.3 is 0 Å². The molecule has 15 heteroatoms. The second-order valence-electron chi connectivity index (χ2n) is 15.0. The predicted octanol–water partition coefficient (Wildman–Crippen LogP) is 7.53. The molecule has 0 radical (unpaired) electrons. The summed E-state index contributed by atoms with van der Waals surface area (Å²) in [7, 11) is 0. The lowest BCUT2D eigenvalue weighted by molar-refractivity contribution is -0.121. The van der Waals surface area contributed by atoms with E-state index >= 15 is 0 Å². The molecule has 63 heavy (non-hydrogen) atoms. The number of thiophene rings is 1. The topological polar surface area (TPSA) is 151 Å². The van der Waals surface area contributed by atoms with Gasteiger partial charge < -0.3 is 39.4 Å². The van der Waals surface area contributed by atoms with Crippen molar-refractivity contribution in [2.24, 2.45) is 4.99 Å². The van der Waals surface area contributed by atoms with Crippen LogP contribution < -0.4 is 24.8 Å². The third-order valence-electron chi connectivity index (χ3n) is 10.3. The summed E-state index contributed by atoms with van der Waals surface area (Å²) in [5.41, 5.74) is 5.96. The van der Waals surface area contributed by atoms with Crippen LogP contribution in [0.2, 0.25) is 5.02 Å². The Hall–Kier alpha value is -5.61. The summed E-state index contributed by atoms with van der Waals surface area (Å²) in [5.74, 6) is 2.93. The van der Waals surface area contributed by atoms with E-state index in [0.717, 1.165) is 44.4 Å². The first-order valence-corrected chi connectivity index (χ1v) is 22.2. The van der Waals surface area contributed by atoms with Gasteiger partial charge in [0.2, 0.25) is 5.91 Å². The second kappa shape index (κ2) is 22.7. The number of hydrogen-bond donors (Lipinski definition) is 3. The molecule has 1 aliphatic heterocycles. The molecule has 3 N–H and O–H groups in total. The SMILES string of the molecule is Cc1sc2c(c1C)C(c1ccc(Cl)cc1)=N[C@@H](CC(=O)NCCOCCOCCNCC(O)COc1ccc(OCc3ccccc3)c(OCc3ccccc3)c1)c1nnc(C)n1-2. The highest BCUT2D eigenvalue weighted by Gasteiger charge is 2.32. The van der Waals surface area contributed by atoms with E-state index in [-0.39, 0.29) is 18.9 Å². The van der Waals surface area contributed by atoms with Crippen molar-refractivity contribution in [1.82, 2.24) is 25.4 Å². The molecular formula is C48H53ClN6O7S. The number of aliphatic imine (C=N–C) groups is 1. The zero-order chi connectivity index (χ0) is 44.0. The largest absolute Gasteiger partial charge is 0.491 e. The molecule has 1 amide bonds. The first-order valence-electron chi connectivity index (χ1n) is 21.0. The van der Waals surface area contributed by atoms with Gasteiger partial charge in [-0.2, -0.15) is 0 Å². The number of halogens is 1. The van der Waals surface area contributed by atoms with Crippen molar-refractivity contribution in [1.29, 1.82) is 0 Å². The van der Waals surface area contributed by atoms with Crippen molar-refractivity contribution in [2.45, 2.75) is 52.6 Å².